The minimum absolute atomic E-state index is 0.0251. The summed E-state index contributed by atoms with van der Waals surface area (Å²) in [4.78, 5) is 0. The van der Waals surface area contributed by atoms with Gasteiger partial charge in [-0.1, -0.05) is 261 Å². The van der Waals surface area contributed by atoms with Gasteiger partial charge in [-0.15, -0.1) is 12.6 Å². The van der Waals surface area contributed by atoms with Crippen molar-refractivity contribution in [1.29, 1.82) is 0 Å². The molecule has 8 saturated heterocycles. The van der Waals surface area contributed by atoms with Gasteiger partial charge in [0.1, 0.15) is 109 Å². The molecule has 4 unspecified atom stereocenters. The molecule has 22 heteroatoms. The van der Waals surface area contributed by atoms with Gasteiger partial charge in [-0.05, 0) is 34.4 Å². The van der Waals surface area contributed by atoms with E-state index in [-0.39, 0.29) is 52.9 Å². The first kappa shape index (κ1) is 74.4. The van der Waals surface area contributed by atoms with Crippen LogP contribution in [0.1, 0.15) is 69.7 Å². The van der Waals surface area contributed by atoms with E-state index >= 15 is 0 Å². The molecule has 9 aromatic rings. The van der Waals surface area contributed by atoms with E-state index in [1.165, 1.54) is 0 Å². The normalized spacial score (nSPS) is 33.7. The zero-order valence-electron chi connectivity index (χ0n) is 59.1. The van der Waals surface area contributed by atoms with Gasteiger partial charge in [-0.25, -0.2) is 0 Å². The molecule has 0 radical (unpaired) electrons. The molecule has 0 aromatic heterocycles. The summed E-state index contributed by atoms with van der Waals surface area (Å²) in [5.41, 5.74) is 5.73. The lowest BCUT2D eigenvalue weighted by Crippen LogP contribution is -2.70. The van der Waals surface area contributed by atoms with Gasteiger partial charge in [0.25, 0.3) is 0 Å². The van der Waals surface area contributed by atoms with Crippen molar-refractivity contribution in [2.45, 2.75) is 174 Å². The maximum Gasteiger partial charge on any atom is 0.187 e. The zero-order valence-corrected chi connectivity index (χ0v) is 60.0. The number of hydrogen-bond acceptors (Lipinski definition) is 22. The standard InChI is InChI=1S/C80H82O20S.C6H6O/c81-61-66(82-41-49-25-9-1-10-26-49)62-57(45-86-73(94-62)53-33-17-5-18-34-53)90-77(61)98-70-67(83-42-50-27-11-2-12-28-50)63-58(46-87-74(95-63)54-35-19-6-20-36-54)91-78(70)99-71-68(84-43-51-29-13-3-14-30-51)64-59(47-88-75(96-64)55-37-21-7-22-38-55)92-79(71)100-72-69(85-44-52-31-15-4-16-32-52)65-60(93-80(72)101)48-89-76(97-65)56-39-23-8-24-40-56;7-6-4-2-1-3-5-6/h1-40,57-81,101H,41-48H2;1-5,7H/t57-,58-,59-,60-,61+,62-,63-,64-,65-,66-,67+,68+,69+,70+,71+,72+,73?,74?,75?,76?,77+,78+,79+,80-;/m1./s1. The van der Waals surface area contributed by atoms with E-state index in [0.29, 0.717) is 5.75 Å². The average Bonchev–Trinajstić information content (AvgIpc) is 0.752. The lowest BCUT2D eigenvalue weighted by atomic mass is 9.94. The van der Waals surface area contributed by atoms with Crippen LogP contribution < -0.4 is 0 Å². The molecule has 24 atom stereocenters. The van der Waals surface area contributed by atoms with Crippen molar-refractivity contribution in [2.75, 3.05) is 26.4 Å². The molecule has 108 heavy (non-hydrogen) atoms. The van der Waals surface area contributed by atoms with Crippen LogP contribution in [0, 0.1) is 0 Å². The summed E-state index contributed by atoms with van der Waals surface area (Å²) in [6.07, 6.45) is -23.3. The summed E-state index contributed by atoms with van der Waals surface area (Å²) in [7, 11) is 0. The third-order valence-electron chi connectivity index (χ3n) is 20.2. The van der Waals surface area contributed by atoms with Crippen molar-refractivity contribution >= 4 is 12.6 Å². The number of phenolic OH excluding ortho intramolecular Hbond substituents is 1. The van der Waals surface area contributed by atoms with Gasteiger partial charge in [0.15, 0.2) is 44.0 Å². The van der Waals surface area contributed by atoms with Crippen molar-refractivity contribution < 1.29 is 100 Å². The van der Waals surface area contributed by atoms with E-state index < -0.39 is 147 Å². The summed E-state index contributed by atoms with van der Waals surface area (Å²) < 4.78 is 134. The lowest BCUT2D eigenvalue weighted by Gasteiger charge is -2.54. The minimum Gasteiger partial charge on any atom is -0.508 e. The number of phenols is 1. The Kier molecular flexibility index (Phi) is 24.8. The third-order valence-corrected chi connectivity index (χ3v) is 20.7. The Bertz CT molecular complexity index is 4150. The molecule has 8 heterocycles. The topological polar surface area (TPSA) is 216 Å². The molecular weight excluding hydrogens is 1400 g/mol. The average molecular weight is 1490 g/mol. The Hall–Kier alpha value is -7.67. The molecule has 0 amide bonds. The van der Waals surface area contributed by atoms with Crippen LogP contribution in [0.2, 0.25) is 0 Å². The van der Waals surface area contributed by atoms with Gasteiger partial charge in [0.2, 0.25) is 0 Å². The Labute approximate surface area is 632 Å². The fraction of sp³-hybridized carbons (Fsp3) is 0.372. The molecule has 21 nitrogen and oxygen atoms in total. The SMILES string of the molecule is O[C@@H]1[C@H](O[C@@H]2[C@H](O[C@@H]3[C@H](O[C@H]4[C@@H](OCc5ccccc5)[C@@H]5OC(c6ccccc6)OC[C@H]5O[C@@H]4S)O[C@@H]4COC(c5ccccc5)O[C@H]4[C@@H]3OCc3ccccc3)O[C@@H]3COC(c4ccccc4)O[C@H]3[C@@H]2OCc2ccccc2)O[C@@H]2COC(c3ccccc3)O[C@H]2[C@@H]1OCc1ccccc1.Oc1ccccc1. The van der Waals surface area contributed by atoms with Crippen LogP contribution in [-0.4, -0.2) is 159 Å². The second-order valence-corrected chi connectivity index (χ2v) is 28.1. The number of aromatic hydroxyl groups is 1. The number of ether oxygens (including phenoxy) is 19. The highest BCUT2D eigenvalue weighted by Crippen LogP contribution is 2.46. The van der Waals surface area contributed by atoms with Crippen molar-refractivity contribution in [1.82, 2.24) is 0 Å². The van der Waals surface area contributed by atoms with Gasteiger partial charge in [0.05, 0.1) is 52.9 Å². The summed E-state index contributed by atoms with van der Waals surface area (Å²) in [6, 6.07) is 86.7. The number of aliphatic hydroxyl groups is 1. The first-order chi connectivity index (χ1) is 53.3. The quantitative estimate of drug-likeness (QED) is 0.0538. The molecule has 8 fully saturated rings. The van der Waals surface area contributed by atoms with Gasteiger partial charge >= 0.3 is 0 Å². The Morgan fingerprint density at radius 3 is 0.843 bits per heavy atom. The number of rotatable bonds is 22. The summed E-state index contributed by atoms with van der Waals surface area (Å²) in [5, 5.41) is 21.8. The number of hydrogen-bond donors (Lipinski definition) is 3. The van der Waals surface area contributed by atoms with Gasteiger partial charge in [-0.2, -0.15) is 0 Å². The highest BCUT2D eigenvalue weighted by Gasteiger charge is 2.61. The molecule has 8 aliphatic heterocycles. The van der Waals surface area contributed by atoms with Crippen LogP contribution in [0.4, 0.5) is 0 Å². The van der Waals surface area contributed by atoms with E-state index in [1.807, 2.05) is 249 Å². The van der Waals surface area contributed by atoms with Gasteiger partial charge < -0.3 is 100 Å². The molecule has 0 spiro atoms. The Balaban J connectivity index is 0.00000120. The molecule has 0 aliphatic carbocycles. The summed E-state index contributed by atoms with van der Waals surface area (Å²) in [6.45, 7) is 0.781. The number of fused-ring (bicyclic) bond motifs is 4. The molecular formula is C86H88O21S. The Morgan fingerprint density at radius 1 is 0.278 bits per heavy atom. The smallest absolute Gasteiger partial charge is 0.187 e. The zero-order chi connectivity index (χ0) is 73.0. The van der Waals surface area contributed by atoms with Crippen LogP contribution in [0.25, 0.3) is 0 Å². The maximum atomic E-state index is 13.2. The van der Waals surface area contributed by atoms with Crippen LogP contribution in [0.5, 0.6) is 5.75 Å². The molecule has 0 saturated carbocycles. The van der Waals surface area contributed by atoms with Gasteiger partial charge in [-0.3, -0.25) is 0 Å². The summed E-state index contributed by atoms with van der Waals surface area (Å²) in [5.74, 6) is 0.322. The minimum atomic E-state index is -1.51. The molecule has 564 valence electrons. The highest BCUT2D eigenvalue weighted by molar-refractivity contribution is 7.80. The Morgan fingerprint density at radius 2 is 0.528 bits per heavy atom. The second kappa shape index (κ2) is 36.0. The van der Waals surface area contributed by atoms with Crippen LogP contribution >= 0.6 is 12.6 Å². The van der Waals surface area contributed by atoms with E-state index in [9.17, 15) is 5.11 Å². The van der Waals surface area contributed by atoms with Crippen LogP contribution in [-0.2, 0) is 116 Å². The van der Waals surface area contributed by atoms with Crippen molar-refractivity contribution in [3.63, 3.8) is 0 Å². The molecule has 8 aliphatic rings. The number of thiol groups is 1. The van der Waals surface area contributed by atoms with E-state index in [2.05, 4.69) is 0 Å². The van der Waals surface area contributed by atoms with E-state index in [4.69, 9.17) is 108 Å². The molecule has 17 rings (SSSR count). The predicted molar refractivity (Wildman–Crippen MR) is 392 cm³/mol. The van der Waals surface area contributed by atoms with E-state index in [1.54, 1.807) is 24.3 Å². The van der Waals surface area contributed by atoms with Crippen molar-refractivity contribution in [3.05, 3.63) is 317 Å². The number of aliphatic hydroxyl groups excluding tert-OH is 1. The fourth-order valence-electron chi connectivity index (χ4n) is 14.8. The summed E-state index contributed by atoms with van der Waals surface area (Å²) >= 11 is 5.20. The monoisotopic (exact) mass is 1490 g/mol. The van der Waals surface area contributed by atoms with Gasteiger partial charge in [0, 0.05) is 22.3 Å². The first-order valence-electron chi connectivity index (χ1n) is 36.9. The molecule has 9 aromatic carbocycles. The third kappa shape index (κ3) is 17.9. The van der Waals surface area contributed by atoms with Crippen molar-refractivity contribution in [3.8, 4) is 5.75 Å². The van der Waals surface area contributed by atoms with E-state index in [0.717, 1.165) is 44.5 Å². The number of benzene rings is 9. The second-order valence-electron chi connectivity index (χ2n) is 27.6. The molecule has 2 N–H and O–H groups in total. The first-order valence-corrected chi connectivity index (χ1v) is 37.4. The highest BCUT2D eigenvalue weighted by atomic mass is 32.1. The van der Waals surface area contributed by atoms with Crippen LogP contribution in [0.15, 0.2) is 273 Å². The number of para-hydroxylation sites is 1. The molecule has 0 bridgehead atoms. The van der Waals surface area contributed by atoms with Crippen molar-refractivity contribution in [2.24, 2.45) is 0 Å². The fourth-order valence-corrected chi connectivity index (χ4v) is 15.2. The largest absolute Gasteiger partial charge is 0.508 e. The lowest BCUT2D eigenvalue weighted by molar-refractivity contribution is -0.434. The maximum absolute atomic E-state index is 13.2. The van der Waals surface area contributed by atoms with Crippen LogP contribution in [0.3, 0.4) is 0 Å². The predicted octanol–water partition coefficient (Wildman–Crippen LogP) is 12.5.